The molecule has 0 unspecified atom stereocenters. The van der Waals surface area contributed by atoms with Crippen molar-refractivity contribution in [2.75, 3.05) is 0 Å². The van der Waals surface area contributed by atoms with Crippen molar-refractivity contribution in [3.8, 4) is 0 Å². The maximum atomic E-state index is 11.1. The number of nitrogen functional groups attached to an aromatic ring is 1. The molecule has 7 nitrogen and oxygen atoms in total. The zero-order chi connectivity index (χ0) is 12.3. The molecule has 0 radical (unpaired) electrons. The number of nitrogens with two attached hydrogens (primary N) is 1. The fourth-order valence-corrected chi connectivity index (χ4v) is 1.98. The Morgan fingerprint density at radius 2 is 2.53 bits per heavy atom. The zero-order valence-electron chi connectivity index (χ0n) is 9.08. The Morgan fingerprint density at radius 3 is 3.18 bits per heavy atom. The fourth-order valence-electron chi connectivity index (χ4n) is 1.19. The molecule has 17 heavy (non-hydrogen) atoms. The van der Waals surface area contributed by atoms with Crippen molar-refractivity contribution >= 4 is 17.7 Å². The Kier molecular flexibility index (Phi) is 3.45. The van der Waals surface area contributed by atoms with Crippen LogP contribution in [0.1, 0.15) is 16.2 Å². The van der Waals surface area contributed by atoms with E-state index in [0.717, 1.165) is 4.90 Å². The largest absolute Gasteiger partial charge is 0.360 e. The molecule has 0 spiro atoms. The van der Waals surface area contributed by atoms with E-state index in [9.17, 15) is 4.79 Å². The van der Waals surface area contributed by atoms with Gasteiger partial charge in [0.05, 0.1) is 11.9 Å². The molecule has 0 fully saturated rings. The summed E-state index contributed by atoms with van der Waals surface area (Å²) < 4.78 is 6.72. The van der Waals surface area contributed by atoms with Gasteiger partial charge in [-0.3, -0.25) is 14.9 Å². The molecule has 0 saturated carbocycles. The highest BCUT2D eigenvalue weighted by molar-refractivity contribution is 7.98. The van der Waals surface area contributed by atoms with Gasteiger partial charge < -0.3 is 4.52 Å². The van der Waals surface area contributed by atoms with Crippen LogP contribution in [0, 0.1) is 0 Å². The van der Waals surface area contributed by atoms with Gasteiger partial charge in [-0.25, -0.2) is 5.84 Å². The molecule has 8 heteroatoms. The van der Waals surface area contributed by atoms with E-state index in [0.29, 0.717) is 11.5 Å². The molecule has 1 amide bonds. The molecular formula is C9H11N5O2S. The molecule has 2 heterocycles. The number of rotatable bonds is 4. The van der Waals surface area contributed by atoms with Crippen molar-refractivity contribution in [3.05, 3.63) is 29.9 Å². The van der Waals surface area contributed by atoms with E-state index >= 15 is 0 Å². The van der Waals surface area contributed by atoms with Crippen LogP contribution in [-0.2, 0) is 12.8 Å². The molecule has 2 rings (SSSR count). The van der Waals surface area contributed by atoms with Crippen LogP contribution in [0.2, 0.25) is 0 Å². The summed E-state index contributed by atoms with van der Waals surface area (Å²) >= 11 is 1.55. The lowest BCUT2D eigenvalue weighted by Crippen LogP contribution is -2.30. The fraction of sp³-hybridized carbons (Fsp3) is 0.222. The Morgan fingerprint density at radius 1 is 1.71 bits per heavy atom. The second-order valence-electron chi connectivity index (χ2n) is 3.29. The first-order valence-corrected chi connectivity index (χ1v) is 5.75. The third kappa shape index (κ3) is 2.86. The quantitative estimate of drug-likeness (QED) is 0.352. The Balaban J connectivity index is 1.95. The first-order chi connectivity index (χ1) is 8.19. The Bertz CT molecular complexity index is 521. The van der Waals surface area contributed by atoms with Crippen LogP contribution in [0.3, 0.4) is 0 Å². The average Bonchev–Trinajstić information content (AvgIpc) is 2.94. The van der Waals surface area contributed by atoms with E-state index < -0.39 is 5.91 Å². The minimum atomic E-state index is -0.466. The van der Waals surface area contributed by atoms with Gasteiger partial charge in [0.2, 0.25) is 0 Å². The minimum Gasteiger partial charge on any atom is -0.360 e. The second-order valence-corrected chi connectivity index (χ2v) is 4.34. The van der Waals surface area contributed by atoms with Crippen molar-refractivity contribution in [1.82, 2.24) is 20.4 Å². The van der Waals surface area contributed by atoms with Gasteiger partial charge in [-0.15, -0.1) is 11.8 Å². The SMILES string of the molecule is Cn1cc(SCc2cc(C(=O)NN)no2)cn1. The number of carbonyl (C=O) groups is 1. The third-order valence-corrected chi connectivity index (χ3v) is 2.96. The van der Waals surface area contributed by atoms with Gasteiger partial charge in [-0.2, -0.15) is 5.10 Å². The smallest absolute Gasteiger partial charge is 0.287 e. The number of hydrazine groups is 1. The molecule has 2 aromatic rings. The molecule has 0 aromatic carbocycles. The van der Waals surface area contributed by atoms with Crippen LogP contribution in [0.4, 0.5) is 0 Å². The Hall–Kier alpha value is -1.80. The average molecular weight is 253 g/mol. The summed E-state index contributed by atoms with van der Waals surface area (Å²) in [5.41, 5.74) is 2.17. The monoisotopic (exact) mass is 253 g/mol. The molecule has 0 saturated heterocycles. The van der Waals surface area contributed by atoms with Crippen molar-refractivity contribution in [3.63, 3.8) is 0 Å². The van der Waals surface area contributed by atoms with Gasteiger partial charge >= 0.3 is 0 Å². The van der Waals surface area contributed by atoms with Crippen LogP contribution >= 0.6 is 11.8 Å². The minimum absolute atomic E-state index is 0.175. The van der Waals surface area contributed by atoms with Crippen LogP contribution in [0.25, 0.3) is 0 Å². The van der Waals surface area contributed by atoms with Gasteiger partial charge in [0, 0.05) is 24.2 Å². The number of hydrogen-bond donors (Lipinski definition) is 2. The summed E-state index contributed by atoms with van der Waals surface area (Å²) in [7, 11) is 1.85. The highest BCUT2D eigenvalue weighted by Gasteiger charge is 2.11. The van der Waals surface area contributed by atoms with Gasteiger partial charge in [-0.1, -0.05) is 5.16 Å². The van der Waals surface area contributed by atoms with E-state index in [1.165, 1.54) is 0 Å². The highest BCUT2D eigenvalue weighted by atomic mass is 32.2. The van der Waals surface area contributed by atoms with E-state index in [-0.39, 0.29) is 5.69 Å². The summed E-state index contributed by atoms with van der Waals surface area (Å²) in [4.78, 5) is 12.1. The van der Waals surface area contributed by atoms with E-state index in [1.54, 1.807) is 28.7 Å². The predicted octanol–water partition coefficient (Wildman–Crippen LogP) is 0.304. The predicted molar refractivity (Wildman–Crippen MR) is 60.9 cm³/mol. The molecule has 90 valence electrons. The number of nitrogens with zero attached hydrogens (tertiary/aromatic N) is 3. The number of thioether (sulfide) groups is 1. The van der Waals surface area contributed by atoms with Crippen LogP contribution in [0.5, 0.6) is 0 Å². The molecule has 3 N–H and O–H groups in total. The van der Waals surface area contributed by atoms with E-state index in [1.807, 2.05) is 18.7 Å². The van der Waals surface area contributed by atoms with Crippen molar-refractivity contribution in [1.29, 1.82) is 0 Å². The lowest BCUT2D eigenvalue weighted by molar-refractivity contribution is 0.0944. The van der Waals surface area contributed by atoms with Crippen LogP contribution < -0.4 is 11.3 Å². The Labute approximate surface area is 101 Å². The van der Waals surface area contributed by atoms with E-state index in [4.69, 9.17) is 10.4 Å². The number of nitrogens with one attached hydrogen (secondary N) is 1. The number of aromatic nitrogens is 3. The van der Waals surface area contributed by atoms with Gasteiger partial charge in [0.1, 0.15) is 5.76 Å². The van der Waals surface area contributed by atoms with Gasteiger partial charge in [0.15, 0.2) is 5.69 Å². The molecule has 0 atom stereocenters. The third-order valence-electron chi connectivity index (χ3n) is 1.98. The molecule has 2 aromatic heterocycles. The summed E-state index contributed by atoms with van der Waals surface area (Å²) in [6, 6.07) is 1.56. The van der Waals surface area contributed by atoms with E-state index in [2.05, 4.69) is 10.3 Å². The van der Waals surface area contributed by atoms with Gasteiger partial charge in [-0.05, 0) is 0 Å². The molecule has 0 aliphatic heterocycles. The highest BCUT2D eigenvalue weighted by Crippen LogP contribution is 2.22. The summed E-state index contributed by atoms with van der Waals surface area (Å²) in [5.74, 6) is 5.71. The number of amides is 1. The maximum absolute atomic E-state index is 11.1. The molecule has 0 bridgehead atoms. The summed E-state index contributed by atoms with van der Waals surface area (Å²) in [6.45, 7) is 0. The lowest BCUT2D eigenvalue weighted by atomic mass is 10.4. The molecular weight excluding hydrogens is 242 g/mol. The number of hydrogen-bond acceptors (Lipinski definition) is 6. The molecule has 0 aliphatic rings. The van der Waals surface area contributed by atoms with Crippen molar-refractivity contribution in [2.45, 2.75) is 10.6 Å². The standard InChI is InChI=1S/C9H11N5O2S/c1-14-4-7(3-11-14)17-5-6-2-8(13-16-6)9(15)12-10/h2-4H,5,10H2,1H3,(H,12,15). The first kappa shape index (κ1) is 11.7. The van der Waals surface area contributed by atoms with Gasteiger partial charge in [0.25, 0.3) is 5.91 Å². The molecule has 0 aliphatic carbocycles. The number of aryl methyl sites for hydroxylation is 1. The number of carbonyl (C=O) groups excluding carboxylic acids is 1. The summed E-state index contributed by atoms with van der Waals surface area (Å²) in [5, 5.41) is 7.65. The van der Waals surface area contributed by atoms with Crippen molar-refractivity contribution in [2.24, 2.45) is 12.9 Å². The van der Waals surface area contributed by atoms with Crippen LogP contribution in [-0.4, -0.2) is 20.8 Å². The first-order valence-electron chi connectivity index (χ1n) is 4.77. The zero-order valence-corrected chi connectivity index (χ0v) is 9.90. The topological polar surface area (TPSA) is 99.0 Å². The second kappa shape index (κ2) is 5.02. The summed E-state index contributed by atoms with van der Waals surface area (Å²) in [6.07, 6.45) is 3.66. The van der Waals surface area contributed by atoms with Crippen molar-refractivity contribution < 1.29 is 9.32 Å². The normalized spacial score (nSPS) is 10.5. The maximum Gasteiger partial charge on any atom is 0.287 e. The van der Waals surface area contributed by atoms with Crippen LogP contribution in [0.15, 0.2) is 27.9 Å². The lowest BCUT2D eigenvalue weighted by Gasteiger charge is -1.92.